The number of rotatable bonds is 8. The fourth-order valence-corrected chi connectivity index (χ4v) is 3.57. The van der Waals surface area contributed by atoms with Gasteiger partial charge in [-0.3, -0.25) is 9.59 Å². The zero-order valence-corrected chi connectivity index (χ0v) is 21.8. The highest BCUT2D eigenvalue weighted by atomic mass is 79.9. The van der Waals surface area contributed by atoms with E-state index in [4.69, 9.17) is 9.84 Å². The molecule has 0 fully saturated rings. The number of nitrogens with one attached hydrogen (secondary N) is 1. The molecule has 0 atom stereocenters. The van der Waals surface area contributed by atoms with Gasteiger partial charge in [0.15, 0.2) is 0 Å². The van der Waals surface area contributed by atoms with Gasteiger partial charge in [0.25, 0.3) is 5.91 Å². The van der Waals surface area contributed by atoms with Gasteiger partial charge >= 0.3 is 0 Å². The van der Waals surface area contributed by atoms with Crippen LogP contribution in [-0.2, 0) is 14.9 Å². The van der Waals surface area contributed by atoms with Crippen molar-refractivity contribution in [1.29, 1.82) is 0 Å². The van der Waals surface area contributed by atoms with Gasteiger partial charge in [0.2, 0.25) is 5.91 Å². The number of hydrogen-bond donors (Lipinski definition) is 1. The lowest BCUT2D eigenvalue weighted by atomic mass is 9.92. The molecular weight excluding hydrogens is 496 g/mol. The van der Waals surface area contributed by atoms with Crippen molar-refractivity contribution < 1.29 is 14.3 Å². The summed E-state index contributed by atoms with van der Waals surface area (Å²) < 4.78 is 7.77. The average molecular weight is 527 g/mol. The summed E-state index contributed by atoms with van der Waals surface area (Å²) >= 11 is 3.38. The second kappa shape index (κ2) is 11.0. The zero-order valence-electron chi connectivity index (χ0n) is 20.3. The second-order valence-corrected chi connectivity index (χ2v) is 10.1. The number of aryl methyl sites for hydroxylation is 1. The molecule has 1 aromatic heterocycles. The lowest BCUT2D eigenvalue weighted by Gasteiger charge is -2.22. The van der Waals surface area contributed by atoms with Crippen molar-refractivity contribution in [1.82, 2.24) is 14.7 Å². The van der Waals surface area contributed by atoms with E-state index < -0.39 is 0 Å². The maximum atomic E-state index is 13.1. The zero-order chi connectivity index (χ0) is 24.9. The quantitative estimate of drug-likeness (QED) is 0.449. The van der Waals surface area contributed by atoms with E-state index in [-0.39, 0.29) is 23.8 Å². The first kappa shape index (κ1) is 25.6. The van der Waals surface area contributed by atoms with Gasteiger partial charge < -0.3 is 15.0 Å². The molecule has 2 amide bonds. The molecule has 8 heteroatoms. The van der Waals surface area contributed by atoms with Crippen LogP contribution in [0.2, 0.25) is 0 Å². The predicted octanol–water partition coefficient (Wildman–Crippen LogP) is 4.97. The Kier molecular flexibility index (Phi) is 8.28. The standard InChI is InChI=1S/C26H31BrN4O3/c1-18-6-12-21(13-7-18)31-23(16-22(29-31)26(2,3)4)28-24(32)17-30(14-15-34-5)25(33)19-8-10-20(27)11-9-19/h6-13,16H,14-15,17H2,1-5H3,(H,28,32). The van der Waals surface area contributed by atoms with Gasteiger partial charge in [0, 0.05) is 35.2 Å². The number of nitrogens with zero attached hydrogens (tertiary/aromatic N) is 3. The number of ether oxygens (including phenoxy) is 1. The summed E-state index contributed by atoms with van der Waals surface area (Å²) in [6, 6.07) is 16.9. The number of anilines is 1. The number of benzene rings is 2. The lowest BCUT2D eigenvalue weighted by molar-refractivity contribution is -0.117. The molecule has 0 aliphatic rings. The van der Waals surface area contributed by atoms with E-state index in [0.29, 0.717) is 24.5 Å². The number of carbonyl (C=O) groups excluding carboxylic acids is 2. The second-order valence-electron chi connectivity index (χ2n) is 9.19. The highest BCUT2D eigenvalue weighted by molar-refractivity contribution is 9.10. The normalized spacial score (nSPS) is 11.4. The van der Waals surface area contributed by atoms with E-state index in [2.05, 4.69) is 42.0 Å². The Balaban J connectivity index is 1.84. The summed E-state index contributed by atoms with van der Waals surface area (Å²) in [5.41, 5.74) is 3.14. The molecule has 0 spiro atoms. The highest BCUT2D eigenvalue weighted by Gasteiger charge is 2.23. The van der Waals surface area contributed by atoms with Gasteiger partial charge in [0.1, 0.15) is 12.4 Å². The van der Waals surface area contributed by atoms with Gasteiger partial charge in [-0.15, -0.1) is 0 Å². The minimum atomic E-state index is -0.310. The smallest absolute Gasteiger partial charge is 0.254 e. The Hall–Kier alpha value is -2.97. The molecule has 0 aliphatic heterocycles. The van der Waals surface area contributed by atoms with Gasteiger partial charge in [-0.2, -0.15) is 5.10 Å². The first-order valence-corrected chi connectivity index (χ1v) is 11.9. The fourth-order valence-electron chi connectivity index (χ4n) is 3.30. The Morgan fingerprint density at radius 1 is 1.09 bits per heavy atom. The fraction of sp³-hybridized carbons (Fsp3) is 0.346. The van der Waals surface area contributed by atoms with Gasteiger partial charge in [-0.1, -0.05) is 54.4 Å². The minimum absolute atomic E-state index is 0.109. The number of aromatic nitrogens is 2. The van der Waals surface area contributed by atoms with E-state index >= 15 is 0 Å². The van der Waals surface area contributed by atoms with E-state index in [1.165, 1.54) is 4.90 Å². The molecule has 2 aromatic carbocycles. The van der Waals surface area contributed by atoms with Gasteiger partial charge in [-0.05, 0) is 43.3 Å². The van der Waals surface area contributed by atoms with Gasteiger partial charge in [-0.25, -0.2) is 4.68 Å². The van der Waals surface area contributed by atoms with Crippen LogP contribution in [0, 0.1) is 6.92 Å². The molecule has 3 aromatic rings. The van der Waals surface area contributed by atoms with E-state index in [9.17, 15) is 9.59 Å². The molecular formula is C26H31BrN4O3. The summed E-state index contributed by atoms with van der Waals surface area (Å²) in [7, 11) is 1.57. The van der Waals surface area contributed by atoms with Crippen molar-refractivity contribution in [3.8, 4) is 5.69 Å². The SMILES string of the molecule is COCCN(CC(=O)Nc1cc(C(C)(C)C)nn1-c1ccc(C)cc1)C(=O)c1ccc(Br)cc1. The Morgan fingerprint density at radius 3 is 2.32 bits per heavy atom. The highest BCUT2D eigenvalue weighted by Crippen LogP contribution is 2.26. The van der Waals surface area contributed by atoms with Crippen molar-refractivity contribution in [2.75, 3.05) is 32.1 Å². The Labute approximate surface area is 209 Å². The molecule has 0 saturated carbocycles. The summed E-state index contributed by atoms with van der Waals surface area (Å²) in [4.78, 5) is 27.6. The average Bonchev–Trinajstić information content (AvgIpc) is 3.21. The molecule has 0 bridgehead atoms. The number of amides is 2. The summed E-state index contributed by atoms with van der Waals surface area (Å²) in [6.07, 6.45) is 0. The van der Waals surface area contributed by atoms with Crippen molar-refractivity contribution in [3.05, 3.63) is 75.9 Å². The Bertz CT molecular complexity index is 1130. The van der Waals surface area contributed by atoms with Crippen LogP contribution < -0.4 is 5.32 Å². The molecule has 0 saturated heterocycles. The minimum Gasteiger partial charge on any atom is -0.383 e. The third kappa shape index (κ3) is 6.55. The number of halogens is 1. The van der Waals surface area contributed by atoms with Crippen molar-refractivity contribution in [2.24, 2.45) is 0 Å². The van der Waals surface area contributed by atoms with E-state index in [0.717, 1.165) is 21.4 Å². The summed E-state index contributed by atoms with van der Waals surface area (Å²) in [5.74, 6) is 0.0129. The van der Waals surface area contributed by atoms with Crippen LogP contribution in [-0.4, -0.2) is 53.3 Å². The molecule has 1 heterocycles. The summed E-state index contributed by atoms with van der Waals surface area (Å²) in [5, 5.41) is 7.71. The first-order valence-electron chi connectivity index (χ1n) is 11.1. The molecule has 34 heavy (non-hydrogen) atoms. The monoisotopic (exact) mass is 526 g/mol. The summed E-state index contributed by atoms with van der Waals surface area (Å²) in [6.45, 7) is 8.75. The molecule has 1 N–H and O–H groups in total. The topological polar surface area (TPSA) is 76.5 Å². The molecule has 0 aliphatic carbocycles. The van der Waals surface area contributed by atoms with Crippen LogP contribution >= 0.6 is 15.9 Å². The van der Waals surface area contributed by atoms with E-state index in [1.807, 2.05) is 37.3 Å². The van der Waals surface area contributed by atoms with Crippen molar-refractivity contribution >= 4 is 33.6 Å². The lowest BCUT2D eigenvalue weighted by Crippen LogP contribution is -2.40. The Morgan fingerprint density at radius 2 is 1.74 bits per heavy atom. The maximum absolute atomic E-state index is 13.1. The third-order valence-electron chi connectivity index (χ3n) is 5.30. The number of hydrogen-bond acceptors (Lipinski definition) is 4. The van der Waals surface area contributed by atoms with Crippen LogP contribution in [0.5, 0.6) is 0 Å². The molecule has 180 valence electrons. The predicted molar refractivity (Wildman–Crippen MR) is 138 cm³/mol. The van der Waals surface area contributed by atoms with Crippen LogP contribution in [0.25, 0.3) is 5.69 Å². The van der Waals surface area contributed by atoms with Crippen molar-refractivity contribution in [3.63, 3.8) is 0 Å². The van der Waals surface area contributed by atoms with Crippen LogP contribution in [0.4, 0.5) is 5.82 Å². The molecule has 0 radical (unpaired) electrons. The van der Waals surface area contributed by atoms with Crippen LogP contribution in [0.1, 0.15) is 42.4 Å². The molecule has 0 unspecified atom stereocenters. The van der Waals surface area contributed by atoms with Gasteiger partial charge in [0.05, 0.1) is 18.0 Å². The van der Waals surface area contributed by atoms with Crippen LogP contribution in [0.15, 0.2) is 59.1 Å². The first-order chi connectivity index (χ1) is 16.1. The van der Waals surface area contributed by atoms with Crippen LogP contribution in [0.3, 0.4) is 0 Å². The molecule has 3 rings (SSSR count). The van der Waals surface area contributed by atoms with E-state index in [1.54, 1.807) is 36.1 Å². The van der Waals surface area contributed by atoms with Crippen molar-refractivity contribution in [2.45, 2.75) is 33.1 Å². The molecule has 7 nitrogen and oxygen atoms in total. The largest absolute Gasteiger partial charge is 0.383 e. The third-order valence-corrected chi connectivity index (χ3v) is 5.83. The number of carbonyl (C=O) groups is 2. The maximum Gasteiger partial charge on any atom is 0.254 e. The number of methoxy groups -OCH3 is 1.